The predicted octanol–water partition coefficient (Wildman–Crippen LogP) is 3.19. The summed E-state index contributed by atoms with van der Waals surface area (Å²) >= 11 is 0. The average molecular weight is 454 g/mol. The van der Waals surface area contributed by atoms with E-state index < -0.39 is 29.4 Å². The van der Waals surface area contributed by atoms with Gasteiger partial charge >= 0.3 is 6.18 Å². The van der Waals surface area contributed by atoms with E-state index in [2.05, 4.69) is 30.6 Å². The molecular formula is C21H17F3N8O. The molecule has 1 unspecified atom stereocenters. The van der Waals surface area contributed by atoms with Crippen molar-refractivity contribution >= 4 is 17.2 Å². The van der Waals surface area contributed by atoms with Gasteiger partial charge in [0.15, 0.2) is 11.5 Å². The quantitative estimate of drug-likeness (QED) is 0.510. The number of carbonyl (C=O) groups excluding carboxylic acids is 1. The zero-order valence-corrected chi connectivity index (χ0v) is 17.3. The second-order valence-electron chi connectivity index (χ2n) is 8.56. The lowest BCUT2D eigenvalue weighted by Crippen LogP contribution is -2.21. The van der Waals surface area contributed by atoms with Gasteiger partial charge in [0, 0.05) is 23.2 Å². The summed E-state index contributed by atoms with van der Waals surface area (Å²) in [5.74, 6) is -1.40. The van der Waals surface area contributed by atoms with Crippen molar-refractivity contribution in [1.82, 2.24) is 34.6 Å². The van der Waals surface area contributed by atoms with Crippen molar-refractivity contribution in [3.63, 3.8) is 0 Å². The molecule has 0 aliphatic heterocycles. The standard InChI is InChI=1S/C21H17F3N8O/c1-11-6-16-25-10-14-13(8-20(2-3-20)17(14)31(16)30-11)19(33)29-12-7-15(21(22,23)24)18(26-9-12)32-27-4-5-28-32/h4-7,9-10,13H,2-3,8H2,1H3,(H,29,33). The highest BCUT2D eigenvalue weighted by Crippen LogP contribution is 2.60. The first-order chi connectivity index (χ1) is 15.7. The molecular weight excluding hydrogens is 437 g/mol. The molecule has 1 spiro atoms. The van der Waals surface area contributed by atoms with Gasteiger partial charge in [-0.2, -0.15) is 28.5 Å². The van der Waals surface area contributed by atoms with Crippen LogP contribution in [0, 0.1) is 6.92 Å². The Morgan fingerprint density at radius 1 is 1.15 bits per heavy atom. The second-order valence-corrected chi connectivity index (χ2v) is 8.56. The molecule has 1 fully saturated rings. The van der Waals surface area contributed by atoms with Crippen LogP contribution in [0.2, 0.25) is 0 Å². The van der Waals surface area contributed by atoms with Crippen LogP contribution in [-0.2, 0) is 16.4 Å². The molecule has 4 aromatic heterocycles. The van der Waals surface area contributed by atoms with Gasteiger partial charge in [-0.15, -0.1) is 4.80 Å². The summed E-state index contributed by atoms with van der Waals surface area (Å²) in [6, 6.07) is 2.73. The summed E-state index contributed by atoms with van der Waals surface area (Å²) in [5.41, 5.74) is 2.07. The Hall–Kier alpha value is -3.83. The number of anilines is 1. The number of aromatic nitrogens is 7. The summed E-state index contributed by atoms with van der Waals surface area (Å²) in [6.45, 7) is 1.88. The van der Waals surface area contributed by atoms with E-state index in [0.29, 0.717) is 6.42 Å². The van der Waals surface area contributed by atoms with Gasteiger partial charge < -0.3 is 5.32 Å². The first-order valence-electron chi connectivity index (χ1n) is 10.4. The van der Waals surface area contributed by atoms with Gasteiger partial charge in [-0.05, 0) is 32.3 Å². The van der Waals surface area contributed by atoms with Crippen LogP contribution in [-0.4, -0.2) is 40.5 Å². The zero-order valence-electron chi connectivity index (χ0n) is 17.3. The van der Waals surface area contributed by atoms with Crippen molar-refractivity contribution in [2.45, 2.75) is 43.7 Å². The fourth-order valence-corrected chi connectivity index (χ4v) is 4.72. The molecule has 9 nitrogen and oxygen atoms in total. The maximum Gasteiger partial charge on any atom is 0.420 e. The van der Waals surface area contributed by atoms with E-state index in [1.165, 1.54) is 18.6 Å². The average Bonchev–Trinajstić information content (AvgIpc) is 3.10. The number of amides is 1. The van der Waals surface area contributed by atoms with Crippen LogP contribution in [0.4, 0.5) is 18.9 Å². The molecule has 168 valence electrons. The van der Waals surface area contributed by atoms with Crippen LogP contribution < -0.4 is 5.32 Å². The highest BCUT2D eigenvalue weighted by atomic mass is 19.4. The molecule has 33 heavy (non-hydrogen) atoms. The number of pyridine rings is 1. The molecule has 0 aromatic carbocycles. The number of fused-ring (bicyclic) bond motifs is 4. The van der Waals surface area contributed by atoms with Gasteiger partial charge in [-0.1, -0.05) is 0 Å². The third-order valence-corrected chi connectivity index (χ3v) is 6.32. The third kappa shape index (κ3) is 3.08. The van der Waals surface area contributed by atoms with E-state index in [4.69, 9.17) is 0 Å². The maximum atomic E-state index is 13.7. The number of carbonyl (C=O) groups is 1. The van der Waals surface area contributed by atoms with Crippen molar-refractivity contribution in [1.29, 1.82) is 0 Å². The summed E-state index contributed by atoms with van der Waals surface area (Å²) in [5, 5.41) is 14.6. The lowest BCUT2D eigenvalue weighted by molar-refractivity contribution is -0.137. The molecule has 1 atom stereocenters. The topological polar surface area (TPSA) is 103 Å². The van der Waals surface area contributed by atoms with Gasteiger partial charge in [0.25, 0.3) is 0 Å². The molecule has 4 heterocycles. The van der Waals surface area contributed by atoms with Crippen LogP contribution in [0.25, 0.3) is 11.5 Å². The van der Waals surface area contributed by atoms with Gasteiger partial charge in [-0.3, -0.25) is 4.79 Å². The lowest BCUT2D eigenvalue weighted by Gasteiger charge is -2.15. The number of aryl methyl sites for hydroxylation is 1. The van der Waals surface area contributed by atoms with Crippen molar-refractivity contribution in [3.05, 3.63) is 59.4 Å². The van der Waals surface area contributed by atoms with Gasteiger partial charge in [0.2, 0.25) is 5.91 Å². The number of nitrogens with zero attached hydrogens (tertiary/aromatic N) is 7. The molecule has 4 aromatic rings. The van der Waals surface area contributed by atoms with E-state index >= 15 is 0 Å². The first-order valence-corrected chi connectivity index (χ1v) is 10.4. The van der Waals surface area contributed by atoms with E-state index in [0.717, 1.165) is 46.3 Å². The van der Waals surface area contributed by atoms with Crippen molar-refractivity contribution in [3.8, 4) is 5.82 Å². The molecule has 0 bridgehead atoms. The molecule has 1 saturated carbocycles. The zero-order chi connectivity index (χ0) is 23.0. The van der Waals surface area contributed by atoms with Gasteiger partial charge in [-0.25, -0.2) is 14.5 Å². The van der Waals surface area contributed by atoms with E-state index in [1.54, 1.807) is 10.7 Å². The minimum absolute atomic E-state index is 0.0505. The summed E-state index contributed by atoms with van der Waals surface area (Å²) in [4.78, 5) is 22.3. The summed E-state index contributed by atoms with van der Waals surface area (Å²) < 4.78 is 42.8. The number of alkyl halides is 3. The van der Waals surface area contributed by atoms with Crippen molar-refractivity contribution in [2.75, 3.05) is 5.32 Å². The summed E-state index contributed by atoms with van der Waals surface area (Å²) in [7, 11) is 0. The molecule has 2 aliphatic rings. The van der Waals surface area contributed by atoms with E-state index in [9.17, 15) is 18.0 Å². The fourth-order valence-electron chi connectivity index (χ4n) is 4.72. The van der Waals surface area contributed by atoms with E-state index in [1.807, 2.05) is 13.0 Å². The number of rotatable bonds is 3. The Morgan fingerprint density at radius 2 is 1.91 bits per heavy atom. The molecule has 1 N–H and O–H groups in total. The first kappa shape index (κ1) is 19.8. The van der Waals surface area contributed by atoms with Crippen molar-refractivity contribution < 1.29 is 18.0 Å². The SMILES string of the molecule is Cc1cc2ncc3c(n2n1)C1(CC1)CC3C(=O)Nc1cnc(-n2nccn2)c(C(F)(F)F)c1. The fraction of sp³-hybridized carbons (Fsp3) is 0.333. The highest BCUT2D eigenvalue weighted by Gasteiger charge is 2.56. The minimum atomic E-state index is -4.71. The van der Waals surface area contributed by atoms with E-state index in [-0.39, 0.29) is 11.1 Å². The molecule has 1 amide bonds. The van der Waals surface area contributed by atoms with Crippen LogP contribution in [0.1, 0.15) is 47.7 Å². The Balaban J connectivity index is 1.35. The Morgan fingerprint density at radius 3 is 2.61 bits per heavy atom. The number of nitrogens with one attached hydrogen (secondary N) is 1. The molecule has 2 aliphatic carbocycles. The highest BCUT2D eigenvalue weighted by molar-refractivity contribution is 5.97. The predicted molar refractivity (Wildman–Crippen MR) is 109 cm³/mol. The normalized spacial score (nSPS) is 18.6. The maximum absolute atomic E-state index is 13.7. The third-order valence-electron chi connectivity index (χ3n) is 6.32. The summed E-state index contributed by atoms with van der Waals surface area (Å²) in [6.07, 6.45) is 3.12. The Bertz CT molecular complexity index is 1410. The second kappa shape index (κ2) is 6.59. The Kier molecular flexibility index (Phi) is 3.96. The Labute approximate surface area is 184 Å². The largest absolute Gasteiger partial charge is 0.420 e. The number of hydrogen-bond acceptors (Lipinski definition) is 6. The van der Waals surface area contributed by atoms with Crippen LogP contribution >= 0.6 is 0 Å². The molecule has 6 rings (SSSR count). The number of halogens is 3. The smallest absolute Gasteiger partial charge is 0.324 e. The number of hydrogen-bond donors (Lipinski definition) is 1. The molecule has 0 radical (unpaired) electrons. The monoisotopic (exact) mass is 454 g/mol. The van der Waals surface area contributed by atoms with Crippen LogP contribution in [0.5, 0.6) is 0 Å². The van der Waals surface area contributed by atoms with Crippen molar-refractivity contribution in [2.24, 2.45) is 0 Å². The van der Waals surface area contributed by atoms with Gasteiger partial charge in [0.1, 0.15) is 5.56 Å². The van der Waals surface area contributed by atoms with Crippen LogP contribution in [0.15, 0.2) is 36.9 Å². The van der Waals surface area contributed by atoms with Gasteiger partial charge in [0.05, 0.1) is 41.6 Å². The van der Waals surface area contributed by atoms with Crippen LogP contribution in [0.3, 0.4) is 0 Å². The molecule has 0 saturated heterocycles. The lowest BCUT2D eigenvalue weighted by atomic mass is 9.99. The molecule has 12 heteroatoms. The minimum Gasteiger partial charge on any atom is -0.324 e.